The van der Waals surface area contributed by atoms with E-state index in [1.165, 1.54) is 6.26 Å². The topological polar surface area (TPSA) is 47.3 Å². The van der Waals surface area contributed by atoms with E-state index in [1.807, 2.05) is 0 Å². The van der Waals surface area contributed by atoms with Gasteiger partial charge in [-0.05, 0) is 25.0 Å². The Morgan fingerprint density at radius 3 is 2.92 bits per heavy atom. The highest BCUT2D eigenvalue weighted by molar-refractivity contribution is 6.10. The van der Waals surface area contributed by atoms with Gasteiger partial charge in [0.05, 0.1) is 12.2 Å². The van der Waals surface area contributed by atoms with Crippen LogP contribution in [-0.4, -0.2) is 11.6 Å². The molecule has 1 aromatic heterocycles. The maximum Gasteiger partial charge on any atom is 0.208 e. The lowest BCUT2D eigenvalue weighted by molar-refractivity contribution is -0.119. The fraction of sp³-hybridized carbons (Fsp3) is 0.400. The first-order chi connectivity index (χ1) is 6.29. The van der Waals surface area contributed by atoms with Gasteiger partial charge in [-0.1, -0.05) is 0 Å². The normalized spacial score (nSPS) is 22.2. The molecule has 2 rings (SSSR count). The van der Waals surface area contributed by atoms with Crippen molar-refractivity contribution in [2.75, 3.05) is 0 Å². The second-order valence-corrected chi connectivity index (χ2v) is 3.25. The van der Waals surface area contributed by atoms with Gasteiger partial charge in [0.25, 0.3) is 0 Å². The van der Waals surface area contributed by atoms with Gasteiger partial charge in [0, 0.05) is 6.42 Å². The molecule has 0 saturated heterocycles. The molecule has 1 aliphatic carbocycles. The molecule has 0 aliphatic heterocycles. The zero-order valence-electron chi connectivity index (χ0n) is 7.16. The molecule has 3 nitrogen and oxygen atoms in total. The summed E-state index contributed by atoms with van der Waals surface area (Å²) in [5, 5.41) is 0. The van der Waals surface area contributed by atoms with Crippen LogP contribution in [0.1, 0.15) is 29.8 Å². The fourth-order valence-corrected chi connectivity index (χ4v) is 1.68. The number of carbonyl (C=O) groups excluding carboxylic acids is 2. The van der Waals surface area contributed by atoms with Gasteiger partial charge in [-0.25, -0.2) is 0 Å². The van der Waals surface area contributed by atoms with E-state index in [0.29, 0.717) is 18.6 Å². The molecule has 13 heavy (non-hydrogen) atoms. The van der Waals surface area contributed by atoms with Gasteiger partial charge in [0.1, 0.15) is 5.78 Å². The van der Waals surface area contributed by atoms with Crippen LogP contribution in [-0.2, 0) is 4.79 Å². The van der Waals surface area contributed by atoms with E-state index in [-0.39, 0.29) is 11.6 Å². The van der Waals surface area contributed by atoms with Gasteiger partial charge in [-0.3, -0.25) is 9.59 Å². The number of ketones is 2. The van der Waals surface area contributed by atoms with Crippen LogP contribution >= 0.6 is 0 Å². The van der Waals surface area contributed by atoms with Crippen LogP contribution in [0.3, 0.4) is 0 Å². The summed E-state index contributed by atoms with van der Waals surface area (Å²) < 4.78 is 4.95. The van der Waals surface area contributed by atoms with Gasteiger partial charge >= 0.3 is 0 Å². The van der Waals surface area contributed by atoms with Crippen LogP contribution in [0.15, 0.2) is 22.8 Å². The van der Waals surface area contributed by atoms with Crippen LogP contribution < -0.4 is 0 Å². The molecule has 1 unspecified atom stereocenters. The molecule has 68 valence electrons. The monoisotopic (exact) mass is 178 g/mol. The van der Waals surface area contributed by atoms with E-state index >= 15 is 0 Å². The SMILES string of the molecule is O=C1CCCC1C(=O)c1ccco1. The van der Waals surface area contributed by atoms with Crippen molar-refractivity contribution in [1.82, 2.24) is 0 Å². The maximum absolute atomic E-state index is 11.6. The molecular formula is C10H10O3. The first kappa shape index (κ1) is 8.23. The Kier molecular flexibility index (Phi) is 2.00. The molecule has 0 bridgehead atoms. The van der Waals surface area contributed by atoms with Gasteiger partial charge in [0.15, 0.2) is 5.76 Å². The summed E-state index contributed by atoms with van der Waals surface area (Å²) >= 11 is 0. The minimum absolute atomic E-state index is 0.0569. The molecule has 0 amide bonds. The number of Topliss-reactive ketones (excluding diaryl/α,β-unsaturated/α-hetero) is 2. The Labute approximate surface area is 75.7 Å². The molecular weight excluding hydrogens is 168 g/mol. The van der Waals surface area contributed by atoms with Crippen molar-refractivity contribution in [2.24, 2.45) is 5.92 Å². The second kappa shape index (κ2) is 3.17. The van der Waals surface area contributed by atoms with Crippen molar-refractivity contribution in [3.8, 4) is 0 Å². The fourth-order valence-electron chi connectivity index (χ4n) is 1.68. The highest BCUT2D eigenvalue weighted by Crippen LogP contribution is 2.25. The molecule has 1 aromatic rings. The summed E-state index contributed by atoms with van der Waals surface area (Å²) in [7, 11) is 0. The van der Waals surface area contributed by atoms with Crippen molar-refractivity contribution in [3.63, 3.8) is 0 Å². The van der Waals surface area contributed by atoms with Crippen molar-refractivity contribution in [3.05, 3.63) is 24.2 Å². The average Bonchev–Trinajstić information content (AvgIpc) is 2.72. The Bertz CT molecular complexity index is 324. The molecule has 1 aliphatic rings. The molecule has 1 saturated carbocycles. The minimum Gasteiger partial charge on any atom is -0.461 e. The maximum atomic E-state index is 11.6. The first-order valence-electron chi connectivity index (χ1n) is 4.39. The largest absolute Gasteiger partial charge is 0.461 e. The highest BCUT2D eigenvalue weighted by Gasteiger charge is 2.32. The highest BCUT2D eigenvalue weighted by atomic mass is 16.3. The Hall–Kier alpha value is -1.38. The standard InChI is InChI=1S/C10H10O3/c11-8-4-1-3-7(8)10(12)9-5-2-6-13-9/h2,5-7H,1,3-4H2. The molecule has 0 aromatic carbocycles. The lowest BCUT2D eigenvalue weighted by Gasteiger charge is -2.02. The summed E-state index contributed by atoms with van der Waals surface area (Å²) in [5.74, 6) is -0.236. The van der Waals surface area contributed by atoms with Crippen LogP contribution in [0.25, 0.3) is 0 Å². The van der Waals surface area contributed by atoms with Gasteiger partial charge in [0.2, 0.25) is 5.78 Å². The van der Waals surface area contributed by atoms with E-state index < -0.39 is 5.92 Å². The summed E-state index contributed by atoms with van der Waals surface area (Å²) in [6.45, 7) is 0. The third-order valence-corrected chi connectivity index (χ3v) is 2.39. The molecule has 0 radical (unpaired) electrons. The van der Waals surface area contributed by atoms with E-state index in [9.17, 15) is 9.59 Å². The van der Waals surface area contributed by atoms with Gasteiger partial charge < -0.3 is 4.42 Å². The Balaban J connectivity index is 2.18. The number of hydrogen-bond donors (Lipinski definition) is 0. The summed E-state index contributed by atoms with van der Waals surface area (Å²) in [6, 6.07) is 3.26. The number of rotatable bonds is 2. The predicted octanol–water partition coefficient (Wildman–Crippen LogP) is 1.83. The first-order valence-corrected chi connectivity index (χ1v) is 4.39. The van der Waals surface area contributed by atoms with E-state index in [2.05, 4.69) is 0 Å². The third kappa shape index (κ3) is 1.41. The molecule has 1 atom stereocenters. The molecule has 3 heteroatoms. The Morgan fingerprint density at radius 2 is 2.38 bits per heavy atom. The zero-order chi connectivity index (χ0) is 9.26. The number of furan rings is 1. The minimum atomic E-state index is -0.439. The van der Waals surface area contributed by atoms with Gasteiger partial charge in [-0.2, -0.15) is 0 Å². The predicted molar refractivity (Wildman–Crippen MR) is 45.4 cm³/mol. The van der Waals surface area contributed by atoms with Crippen molar-refractivity contribution in [2.45, 2.75) is 19.3 Å². The van der Waals surface area contributed by atoms with Crippen molar-refractivity contribution >= 4 is 11.6 Å². The number of carbonyl (C=O) groups is 2. The summed E-state index contributed by atoms with van der Waals surface area (Å²) in [6.07, 6.45) is 3.50. The average molecular weight is 178 g/mol. The van der Waals surface area contributed by atoms with Crippen LogP contribution in [0.2, 0.25) is 0 Å². The van der Waals surface area contributed by atoms with Crippen LogP contribution in [0.5, 0.6) is 0 Å². The molecule has 1 heterocycles. The van der Waals surface area contributed by atoms with E-state index in [0.717, 1.165) is 6.42 Å². The van der Waals surface area contributed by atoms with E-state index in [1.54, 1.807) is 12.1 Å². The lowest BCUT2D eigenvalue weighted by atomic mass is 10.00. The smallest absolute Gasteiger partial charge is 0.208 e. The van der Waals surface area contributed by atoms with Gasteiger partial charge in [-0.15, -0.1) is 0 Å². The van der Waals surface area contributed by atoms with Crippen molar-refractivity contribution in [1.29, 1.82) is 0 Å². The Morgan fingerprint density at radius 1 is 1.54 bits per heavy atom. The quantitative estimate of drug-likeness (QED) is 0.512. The lowest BCUT2D eigenvalue weighted by Crippen LogP contribution is -2.18. The summed E-state index contributed by atoms with van der Waals surface area (Å²) in [5.41, 5.74) is 0. The third-order valence-electron chi connectivity index (χ3n) is 2.39. The zero-order valence-corrected chi connectivity index (χ0v) is 7.16. The van der Waals surface area contributed by atoms with Crippen LogP contribution in [0.4, 0.5) is 0 Å². The molecule has 1 fully saturated rings. The second-order valence-electron chi connectivity index (χ2n) is 3.25. The van der Waals surface area contributed by atoms with Crippen molar-refractivity contribution < 1.29 is 14.0 Å². The van der Waals surface area contributed by atoms with E-state index in [4.69, 9.17) is 4.42 Å². The number of hydrogen-bond acceptors (Lipinski definition) is 3. The molecule has 0 spiro atoms. The summed E-state index contributed by atoms with van der Waals surface area (Å²) in [4.78, 5) is 22.9. The molecule has 0 N–H and O–H groups in total. The van der Waals surface area contributed by atoms with Crippen LogP contribution in [0, 0.1) is 5.92 Å².